The number of aromatic nitrogens is 5. The fraction of sp³-hybridized carbons (Fsp3) is 0.391. The smallest absolute Gasteiger partial charge is 0.250 e. The van der Waals surface area contributed by atoms with Gasteiger partial charge in [0, 0.05) is 42.7 Å². The summed E-state index contributed by atoms with van der Waals surface area (Å²) in [6.07, 6.45) is 3.96. The van der Waals surface area contributed by atoms with Gasteiger partial charge in [-0.05, 0) is 44.9 Å². The lowest BCUT2D eigenvalue weighted by Crippen LogP contribution is -2.35. The molecule has 1 aromatic carbocycles. The molecule has 3 aromatic heterocycles. The molecular weight excluding hydrogens is 406 g/mol. The Morgan fingerprint density at radius 1 is 1.19 bits per heavy atom. The molecule has 0 unspecified atom stereocenters. The van der Waals surface area contributed by atoms with Crippen LogP contribution in [-0.4, -0.2) is 44.3 Å². The van der Waals surface area contributed by atoms with Crippen molar-refractivity contribution in [2.45, 2.75) is 38.6 Å². The van der Waals surface area contributed by atoms with Crippen LogP contribution in [0.1, 0.15) is 44.5 Å². The Labute approximate surface area is 185 Å². The summed E-state index contributed by atoms with van der Waals surface area (Å²) in [5, 5.41) is 5.58. The molecule has 9 heteroatoms. The fourth-order valence-electron chi connectivity index (χ4n) is 4.48. The van der Waals surface area contributed by atoms with Crippen molar-refractivity contribution < 1.29 is 4.74 Å². The molecule has 0 saturated carbocycles. The average molecular weight is 434 g/mol. The summed E-state index contributed by atoms with van der Waals surface area (Å²) in [5.41, 5.74) is 8.65. The maximum atomic E-state index is 12.2. The van der Waals surface area contributed by atoms with Gasteiger partial charge in [-0.25, -0.2) is 9.97 Å². The molecule has 0 radical (unpaired) electrons. The predicted molar refractivity (Wildman–Crippen MR) is 125 cm³/mol. The van der Waals surface area contributed by atoms with Crippen molar-refractivity contribution >= 4 is 28.2 Å². The van der Waals surface area contributed by atoms with Crippen molar-refractivity contribution in [3.8, 4) is 5.75 Å². The van der Waals surface area contributed by atoms with E-state index in [1.807, 2.05) is 44.3 Å². The van der Waals surface area contributed by atoms with E-state index >= 15 is 0 Å². The van der Waals surface area contributed by atoms with Gasteiger partial charge in [0.2, 0.25) is 5.95 Å². The summed E-state index contributed by atoms with van der Waals surface area (Å²) in [7, 11) is 1.62. The zero-order chi connectivity index (χ0) is 22.4. The van der Waals surface area contributed by atoms with Crippen molar-refractivity contribution in [2.24, 2.45) is 0 Å². The first kappa shape index (κ1) is 20.3. The average Bonchev–Trinajstić information content (AvgIpc) is 3.26. The van der Waals surface area contributed by atoms with Gasteiger partial charge in [-0.3, -0.25) is 4.79 Å². The molecule has 1 aliphatic rings. The molecule has 0 aliphatic carbocycles. The minimum absolute atomic E-state index is 0.0182. The summed E-state index contributed by atoms with van der Waals surface area (Å²) in [6.45, 7) is 5.75. The molecule has 0 spiro atoms. The molecule has 32 heavy (non-hydrogen) atoms. The largest absolute Gasteiger partial charge is 0.494 e. The third kappa shape index (κ3) is 3.34. The molecule has 166 valence electrons. The van der Waals surface area contributed by atoms with Crippen molar-refractivity contribution in [1.82, 2.24) is 24.1 Å². The predicted octanol–water partition coefficient (Wildman–Crippen LogP) is 2.99. The summed E-state index contributed by atoms with van der Waals surface area (Å²) in [5.74, 6) is 1.86. The number of pyridine rings is 1. The molecular formula is C23H27N7O2. The van der Waals surface area contributed by atoms with E-state index in [1.165, 1.54) is 0 Å². The van der Waals surface area contributed by atoms with Crippen LogP contribution in [0.4, 0.5) is 11.6 Å². The Morgan fingerprint density at radius 3 is 2.81 bits per heavy atom. The molecule has 9 nitrogen and oxygen atoms in total. The van der Waals surface area contributed by atoms with Gasteiger partial charge in [0.15, 0.2) is 11.5 Å². The molecule has 1 saturated heterocycles. The summed E-state index contributed by atoms with van der Waals surface area (Å²) >= 11 is 0. The third-order valence-corrected chi connectivity index (χ3v) is 6.16. The number of nitrogens with two attached hydrogens (primary N) is 1. The maximum absolute atomic E-state index is 12.2. The summed E-state index contributed by atoms with van der Waals surface area (Å²) in [4.78, 5) is 23.9. The SMILES string of the molecule is COc1cccc2c1nc(N)n1nc([C@@H]3CCCN(c4ccc(=O)n(C(C)C)c4)C3)nc21. The monoisotopic (exact) mass is 433 g/mol. The first-order valence-electron chi connectivity index (χ1n) is 10.9. The van der Waals surface area contributed by atoms with E-state index < -0.39 is 0 Å². The van der Waals surface area contributed by atoms with Crippen LogP contribution in [0.15, 0.2) is 41.3 Å². The maximum Gasteiger partial charge on any atom is 0.250 e. The normalized spacial score (nSPS) is 16.9. The highest BCUT2D eigenvalue weighted by molar-refractivity contribution is 5.95. The number of nitrogens with zero attached hydrogens (tertiary/aromatic N) is 6. The van der Waals surface area contributed by atoms with Gasteiger partial charge in [0.05, 0.1) is 12.8 Å². The van der Waals surface area contributed by atoms with Crippen molar-refractivity contribution in [1.29, 1.82) is 0 Å². The lowest BCUT2D eigenvalue weighted by Gasteiger charge is -2.33. The van der Waals surface area contributed by atoms with Crippen molar-refractivity contribution in [3.63, 3.8) is 0 Å². The van der Waals surface area contributed by atoms with Gasteiger partial charge in [-0.1, -0.05) is 6.07 Å². The molecule has 2 N–H and O–H groups in total. The van der Waals surface area contributed by atoms with E-state index in [2.05, 4.69) is 9.88 Å². The van der Waals surface area contributed by atoms with Gasteiger partial charge in [0.25, 0.3) is 5.56 Å². The molecule has 4 aromatic rings. The Hall–Kier alpha value is -3.62. The second kappa shape index (κ2) is 7.81. The molecule has 0 amide bonds. The number of hydrogen-bond acceptors (Lipinski definition) is 7. The number of benzene rings is 1. The van der Waals surface area contributed by atoms with E-state index in [-0.39, 0.29) is 23.5 Å². The first-order chi connectivity index (χ1) is 15.5. The second-order valence-electron chi connectivity index (χ2n) is 8.54. The van der Waals surface area contributed by atoms with Crippen LogP contribution in [0.5, 0.6) is 5.75 Å². The quantitative estimate of drug-likeness (QED) is 0.528. The van der Waals surface area contributed by atoms with E-state index in [4.69, 9.17) is 20.6 Å². The number of hydrogen-bond donors (Lipinski definition) is 1. The first-order valence-corrected chi connectivity index (χ1v) is 10.9. The second-order valence-corrected chi connectivity index (χ2v) is 8.54. The number of para-hydroxylation sites is 1. The van der Waals surface area contributed by atoms with Gasteiger partial charge < -0.3 is 19.9 Å². The summed E-state index contributed by atoms with van der Waals surface area (Å²) in [6, 6.07) is 9.40. The summed E-state index contributed by atoms with van der Waals surface area (Å²) < 4.78 is 8.84. The lowest BCUT2D eigenvalue weighted by molar-refractivity contribution is 0.419. The van der Waals surface area contributed by atoms with Gasteiger partial charge >= 0.3 is 0 Å². The van der Waals surface area contributed by atoms with Crippen LogP contribution >= 0.6 is 0 Å². The molecule has 0 bridgehead atoms. The topological polar surface area (TPSA) is 104 Å². The minimum atomic E-state index is 0.0182. The van der Waals surface area contributed by atoms with Crippen LogP contribution in [0.25, 0.3) is 16.6 Å². The highest BCUT2D eigenvalue weighted by Gasteiger charge is 2.26. The molecule has 4 heterocycles. The number of fused-ring (bicyclic) bond motifs is 3. The zero-order valence-electron chi connectivity index (χ0n) is 18.5. The Kier molecular flexibility index (Phi) is 4.96. The van der Waals surface area contributed by atoms with E-state index in [1.54, 1.807) is 22.3 Å². The van der Waals surface area contributed by atoms with Gasteiger partial charge in [-0.15, -0.1) is 5.10 Å². The highest BCUT2D eigenvalue weighted by atomic mass is 16.5. The Bertz CT molecular complexity index is 1360. The number of piperidine rings is 1. The number of anilines is 2. The molecule has 1 atom stereocenters. The molecule has 1 fully saturated rings. The van der Waals surface area contributed by atoms with Crippen LogP contribution in [0.3, 0.4) is 0 Å². The zero-order valence-corrected chi connectivity index (χ0v) is 18.5. The number of rotatable bonds is 4. The highest BCUT2D eigenvalue weighted by Crippen LogP contribution is 2.31. The molecule has 5 rings (SSSR count). The van der Waals surface area contributed by atoms with Gasteiger partial charge in [-0.2, -0.15) is 4.52 Å². The van der Waals surface area contributed by atoms with E-state index in [9.17, 15) is 4.79 Å². The Morgan fingerprint density at radius 2 is 2.03 bits per heavy atom. The third-order valence-electron chi connectivity index (χ3n) is 6.16. The standard InChI is InChI=1S/C23H27N7O2/c1-14(2)29-13-16(9-10-19(29)31)28-11-5-6-15(12-28)21-26-22-17-7-4-8-18(32-3)20(17)25-23(24)30(22)27-21/h4,7-10,13-15H,5-6,11-12H2,1-3H3,(H2,24,25)/t15-/m1/s1. The van der Waals surface area contributed by atoms with E-state index in [0.717, 1.165) is 42.8 Å². The van der Waals surface area contributed by atoms with Crippen LogP contribution in [-0.2, 0) is 0 Å². The lowest BCUT2D eigenvalue weighted by atomic mass is 9.97. The Balaban J connectivity index is 1.52. The van der Waals surface area contributed by atoms with Gasteiger partial charge in [0.1, 0.15) is 11.3 Å². The van der Waals surface area contributed by atoms with Crippen LogP contribution in [0.2, 0.25) is 0 Å². The fourth-order valence-corrected chi connectivity index (χ4v) is 4.48. The van der Waals surface area contributed by atoms with Crippen LogP contribution in [0, 0.1) is 0 Å². The number of nitrogen functional groups attached to an aromatic ring is 1. The minimum Gasteiger partial charge on any atom is -0.494 e. The number of methoxy groups -OCH3 is 1. The van der Waals surface area contributed by atoms with E-state index in [0.29, 0.717) is 16.9 Å². The van der Waals surface area contributed by atoms with Crippen molar-refractivity contribution in [3.05, 3.63) is 52.7 Å². The van der Waals surface area contributed by atoms with Crippen LogP contribution < -0.4 is 20.9 Å². The number of ether oxygens (including phenoxy) is 1. The van der Waals surface area contributed by atoms with Crippen molar-refractivity contribution in [2.75, 3.05) is 30.8 Å². The molecule has 1 aliphatic heterocycles.